The second kappa shape index (κ2) is 7.91. The second-order valence-corrected chi connectivity index (χ2v) is 4.82. The zero-order chi connectivity index (χ0) is 12.1. The quantitative estimate of drug-likeness (QED) is 0.760. The van der Waals surface area contributed by atoms with Gasteiger partial charge in [0.25, 0.3) is 0 Å². The van der Waals surface area contributed by atoms with Gasteiger partial charge in [0.1, 0.15) is 0 Å². The van der Waals surface area contributed by atoms with Crippen LogP contribution >= 0.6 is 12.4 Å². The lowest BCUT2D eigenvalue weighted by Gasteiger charge is -2.28. The van der Waals surface area contributed by atoms with Gasteiger partial charge in [0.15, 0.2) is 0 Å². The molecule has 0 rings (SSSR count). The molecule has 0 aromatic carbocycles. The van der Waals surface area contributed by atoms with Gasteiger partial charge in [0.05, 0.1) is 0 Å². The zero-order valence-corrected chi connectivity index (χ0v) is 12.0. The van der Waals surface area contributed by atoms with Gasteiger partial charge in [0.2, 0.25) is 5.91 Å². The highest BCUT2D eigenvalue weighted by atomic mass is 35.5. The maximum absolute atomic E-state index is 11.7. The molecule has 0 saturated heterocycles. The van der Waals surface area contributed by atoms with Gasteiger partial charge in [-0.15, -0.1) is 12.4 Å². The molecule has 1 unspecified atom stereocenters. The molecule has 0 heterocycles. The minimum Gasteiger partial charge on any atom is -0.354 e. The summed E-state index contributed by atoms with van der Waals surface area (Å²) in [6.07, 6.45) is 1.78. The van der Waals surface area contributed by atoms with Crippen LogP contribution in [0.25, 0.3) is 0 Å². The van der Waals surface area contributed by atoms with Crippen molar-refractivity contribution in [2.24, 2.45) is 17.6 Å². The number of carbonyl (C=O) groups is 1. The molecule has 0 radical (unpaired) electrons. The summed E-state index contributed by atoms with van der Waals surface area (Å²) in [5.41, 5.74) is 5.86. The summed E-state index contributed by atoms with van der Waals surface area (Å²) in [5, 5.41) is 2.94. The van der Waals surface area contributed by atoms with E-state index in [1.165, 1.54) is 0 Å². The first-order chi connectivity index (χ1) is 6.86. The first-order valence-corrected chi connectivity index (χ1v) is 5.93. The van der Waals surface area contributed by atoms with Gasteiger partial charge in [-0.1, -0.05) is 34.6 Å². The van der Waals surface area contributed by atoms with E-state index in [9.17, 15) is 4.79 Å². The summed E-state index contributed by atoms with van der Waals surface area (Å²) in [6.45, 7) is 10.8. The molecular weight excluding hydrogens is 224 g/mol. The van der Waals surface area contributed by atoms with Crippen molar-refractivity contribution in [1.82, 2.24) is 5.32 Å². The van der Waals surface area contributed by atoms with Crippen LogP contribution in [-0.4, -0.2) is 18.0 Å². The van der Waals surface area contributed by atoms with E-state index >= 15 is 0 Å². The van der Waals surface area contributed by atoms with E-state index in [1.807, 2.05) is 6.92 Å². The van der Waals surface area contributed by atoms with E-state index in [0.717, 1.165) is 12.8 Å². The molecule has 1 atom stereocenters. The number of nitrogens with two attached hydrogens (primary N) is 1. The highest BCUT2D eigenvalue weighted by Gasteiger charge is 2.23. The van der Waals surface area contributed by atoms with Gasteiger partial charge in [0, 0.05) is 18.0 Å². The molecule has 16 heavy (non-hydrogen) atoms. The molecule has 0 aliphatic rings. The summed E-state index contributed by atoms with van der Waals surface area (Å²) in [4.78, 5) is 11.7. The predicted octanol–water partition coefficient (Wildman–Crippen LogP) is 2.33. The third-order valence-electron chi connectivity index (χ3n) is 3.44. The fourth-order valence-corrected chi connectivity index (χ4v) is 1.23. The second-order valence-electron chi connectivity index (χ2n) is 4.82. The molecule has 0 aliphatic heterocycles. The number of carbonyl (C=O) groups excluding carboxylic acids is 1. The van der Waals surface area contributed by atoms with Crippen molar-refractivity contribution in [3.05, 3.63) is 0 Å². The standard InChI is InChI=1S/C12H26N2O.ClH/c1-6-12(13,7-2)8-14-11(15)10(5)9(3)4;/h9-10H,6-8,13H2,1-5H3,(H,14,15);1H. The Kier molecular flexibility index (Phi) is 8.94. The van der Waals surface area contributed by atoms with E-state index in [2.05, 4.69) is 33.0 Å². The topological polar surface area (TPSA) is 55.1 Å². The van der Waals surface area contributed by atoms with Crippen LogP contribution in [0.4, 0.5) is 0 Å². The van der Waals surface area contributed by atoms with E-state index < -0.39 is 0 Å². The Morgan fingerprint density at radius 3 is 2.00 bits per heavy atom. The number of hydrogen-bond donors (Lipinski definition) is 2. The molecule has 98 valence electrons. The van der Waals surface area contributed by atoms with Gasteiger partial charge in [-0.25, -0.2) is 0 Å². The summed E-state index contributed by atoms with van der Waals surface area (Å²) in [6, 6.07) is 0. The number of rotatable bonds is 6. The lowest BCUT2D eigenvalue weighted by atomic mass is 9.93. The smallest absolute Gasteiger partial charge is 0.223 e. The molecular formula is C12H27ClN2O. The van der Waals surface area contributed by atoms with E-state index in [4.69, 9.17) is 5.73 Å². The van der Waals surface area contributed by atoms with Crippen molar-refractivity contribution >= 4 is 18.3 Å². The Morgan fingerprint density at radius 2 is 1.69 bits per heavy atom. The van der Waals surface area contributed by atoms with Crippen LogP contribution in [0.15, 0.2) is 0 Å². The maximum atomic E-state index is 11.7. The normalized spacial score (nSPS) is 13.2. The van der Waals surface area contributed by atoms with E-state index in [0.29, 0.717) is 12.5 Å². The highest BCUT2D eigenvalue weighted by molar-refractivity contribution is 5.85. The van der Waals surface area contributed by atoms with Crippen LogP contribution in [0.3, 0.4) is 0 Å². The van der Waals surface area contributed by atoms with Crippen molar-refractivity contribution in [3.63, 3.8) is 0 Å². The average molecular weight is 251 g/mol. The van der Waals surface area contributed by atoms with Gasteiger partial charge in [-0.2, -0.15) is 0 Å². The van der Waals surface area contributed by atoms with E-state index in [-0.39, 0.29) is 29.8 Å². The van der Waals surface area contributed by atoms with Crippen molar-refractivity contribution in [1.29, 1.82) is 0 Å². The van der Waals surface area contributed by atoms with Crippen molar-refractivity contribution < 1.29 is 4.79 Å². The fourth-order valence-electron chi connectivity index (χ4n) is 1.23. The molecule has 0 fully saturated rings. The van der Waals surface area contributed by atoms with Crippen molar-refractivity contribution in [2.75, 3.05) is 6.54 Å². The van der Waals surface area contributed by atoms with Gasteiger partial charge < -0.3 is 11.1 Å². The highest BCUT2D eigenvalue weighted by Crippen LogP contribution is 2.12. The van der Waals surface area contributed by atoms with Crippen LogP contribution in [0, 0.1) is 11.8 Å². The van der Waals surface area contributed by atoms with Gasteiger partial charge in [-0.05, 0) is 18.8 Å². The van der Waals surface area contributed by atoms with Crippen LogP contribution < -0.4 is 11.1 Å². The third kappa shape index (κ3) is 5.71. The number of nitrogens with one attached hydrogen (secondary N) is 1. The molecule has 0 aromatic rings. The van der Waals surface area contributed by atoms with Crippen LogP contribution in [0.5, 0.6) is 0 Å². The number of hydrogen-bond acceptors (Lipinski definition) is 2. The van der Waals surface area contributed by atoms with Gasteiger partial charge in [-0.3, -0.25) is 4.79 Å². The Balaban J connectivity index is 0. The van der Waals surface area contributed by atoms with Crippen LogP contribution in [-0.2, 0) is 4.79 Å². The summed E-state index contributed by atoms with van der Waals surface area (Å²) >= 11 is 0. The lowest BCUT2D eigenvalue weighted by Crippen LogP contribution is -2.50. The summed E-state index contributed by atoms with van der Waals surface area (Å²) < 4.78 is 0. The Labute approximate surface area is 106 Å². The third-order valence-corrected chi connectivity index (χ3v) is 3.44. The first kappa shape index (κ1) is 18.1. The molecule has 0 spiro atoms. The van der Waals surface area contributed by atoms with Gasteiger partial charge >= 0.3 is 0 Å². The maximum Gasteiger partial charge on any atom is 0.223 e. The molecule has 0 aromatic heterocycles. The SMILES string of the molecule is CCC(N)(CC)CNC(=O)C(C)C(C)C.Cl. The minimum absolute atomic E-state index is 0. The zero-order valence-electron chi connectivity index (χ0n) is 11.2. The lowest BCUT2D eigenvalue weighted by molar-refractivity contribution is -0.126. The van der Waals surface area contributed by atoms with E-state index in [1.54, 1.807) is 0 Å². The molecule has 1 amide bonds. The largest absolute Gasteiger partial charge is 0.354 e. The predicted molar refractivity (Wildman–Crippen MR) is 71.8 cm³/mol. The van der Waals surface area contributed by atoms with Crippen molar-refractivity contribution in [3.8, 4) is 0 Å². The van der Waals surface area contributed by atoms with Crippen LogP contribution in [0.2, 0.25) is 0 Å². The number of amides is 1. The molecule has 3 nitrogen and oxygen atoms in total. The summed E-state index contributed by atoms with van der Waals surface area (Å²) in [7, 11) is 0. The monoisotopic (exact) mass is 250 g/mol. The first-order valence-electron chi connectivity index (χ1n) is 5.93. The molecule has 3 N–H and O–H groups in total. The number of halogens is 1. The fraction of sp³-hybridized carbons (Fsp3) is 0.917. The van der Waals surface area contributed by atoms with Crippen molar-refractivity contribution in [2.45, 2.75) is 53.0 Å². The Hall–Kier alpha value is -0.280. The van der Waals surface area contributed by atoms with Crippen LogP contribution in [0.1, 0.15) is 47.5 Å². The Morgan fingerprint density at radius 1 is 1.25 bits per heavy atom. The molecule has 0 bridgehead atoms. The molecule has 4 heteroatoms. The minimum atomic E-state index is -0.244. The average Bonchev–Trinajstić information content (AvgIpc) is 2.24. The Bertz CT molecular complexity index is 203. The molecule has 0 aliphatic carbocycles. The molecule has 0 saturated carbocycles. The summed E-state index contributed by atoms with van der Waals surface area (Å²) in [5.74, 6) is 0.546.